The molecule has 0 spiro atoms. The summed E-state index contributed by atoms with van der Waals surface area (Å²) in [6.07, 6.45) is 2.77. The fourth-order valence-electron chi connectivity index (χ4n) is 1.44. The van der Waals surface area contributed by atoms with E-state index in [1.165, 1.54) is 0 Å². The largest absolute Gasteiger partial charge is 0.404 e. The molecule has 1 heterocycles. The first-order valence-electron chi connectivity index (χ1n) is 6.33. The summed E-state index contributed by atoms with van der Waals surface area (Å²) in [5, 5.41) is 10.9. The van der Waals surface area contributed by atoms with Crippen LogP contribution in [0.1, 0.15) is 32.4 Å². The van der Waals surface area contributed by atoms with E-state index in [1.807, 2.05) is 6.07 Å². The van der Waals surface area contributed by atoms with Gasteiger partial charge >= 0.3 is 0 Å². The average molecular weight is 282 g/mol. The molecule has 0 amide bonds. The fraction of sp³-hybridized carbons (Fsp3) is 0.615. The van der Waals surface area contributed by atoms with Crippen LogP contribution in [-0.2, 0) is 4.43 Å². The fourth-order valence-corrected chi connectivity index (χ4v) is 2.72. The Bertz CT molecular complexity index is 429. The van der Waals surface area contributed by atoms with E-state index >= 15 is 0 Å². The number of hydrogen-bond acceptors (Lipinski definition) is 4. The number of rotatable bonds is 5. The molecule has 0 aromatic carbocycles. The van der Waals surface area contributed by atoms with Crippen molar-refractivity contribution in [2.75, 3.05) is 6.54 Å². The standard InChI is InChI=1S/C13H22N2O3Si/c1-13(2,3)19(4,5)18-12(10-15(16)17)11-7-6-8-14-9-11/h6-9,12H,10H2,1-5H3. The Morgan fingerprint density at radius 3 is 2.53 bits per heavy atom. The number of pyridine rings is 1. The smallest absolute Gasteiger partial charge is 0.232 e. The number of nitro groups is 1. The van der Waals surface area contributed by atoms with Gasteiger partial charge in [-0.15, -0.1) is 0 Å². The highest BCUT2D eigenvalue weighted by Gasteiger charge is 2.40. The molecule has 1 aromatic heterocycles. The lowest BCUT2D eigenvalue weighted by atomic mass is 10.2. The Balaban J connectivity index is 2.97. The maximum Gasteiger partial charge on any atom is 0.232 e. The molecule has 0 saturated carbocycles. The van der Waals surface area contributed by atoms with E-state index in [0.29, 0.717) is 0 Å². The van der Waals surface area contributed by atoms with Crippen LogP contribution in [-0.4, -0.2) is 24.8 Å². The predicted octanol–water partition coefficient (Wildman–Crippen LogP) is 3.42. The zero-order chi connectivity index (χ0) is 14.7. The van der Waals surface area contributed by atoms with Gasteiger partial charge in [0.25, 0.3) is 0 Å². The van der Waals surface area contributed by atoms with Crippen molar-refractivity contribution in [2.45, 2.75) is 45.0 Å². The van der Waals surface area contributed by atoms with Crippen molar-refractivity contribution in [3.8, 4) is 0 Å². The molecule has 0 aliphatic heterocycles. The van der Waals surface area contributed by atoms with Gasteiger partial charge in [-0.05, 0) is 24.2 Å². The zero-order valence-electron chi connectivity index (χ0n) is 12.2. The Labute approximate surface area is 115 Å². The van der Waals surface area contributed by atoms with Crippen molar-refractivity contribution in [2.24, 2.45) is 0 Å². The van der Waals surface area contributed by atoms with Crippen LogP contribution in [0.25, 0.3) is 0 Å². The van der Waals surface area contributed by atoms with E-state index in [9.17, 15) is 10.1 Å². The molecule has 1 aromatic rings. The van der Waals surface area contributed by atoms with Gasteiger partial charge in [-0.25, -0.2) is 0 Å². The van der Waals surface area contributed by atoms with E-state index in [1.54, 1.807) is 18.5 Å². The summed E-state index contributed by atoms with van der Waals surface area (Å²) in [7, 11) is -2.05. The molecular formula is C13H22N2O3Si. The number of nitrogens with zero attached hydrogens (tertiary/aromatic N) is 2. The minimum atomic E-state index is -2.05. The summed E-state index contributed by atoms with van der Waals surface area (Å²) in [6.45, 7) is 10.3. The Hall–Kier alpha value is -1.27. The lowest BCUT2D eigenvalue weighted by Crippen LogP contribution is -2.43. The highest BCUT2D eigenvalue weighted by atomic mass is 28.4. The molecule has 1 unspecified atom stereocenters. The predicted molar refractivity (Wildman–Crippen MR) is 77.1 cm³/mol. The minimum absolute atomic E-state index is 0.0179. The number of aromatic nitrogens is 1. The van der Waals surface area contributed by atoms with Gasteiger partial charge in [0.2, 0.25) is 6.54 Å². The van der Waals surface area contributed by atoms with Gasteiger partial charge in [-0.2, -0.15) is 0 Å². The van der Waals surface area contributed by atoms with E-state index in [4.69, 9.17) is 4.43 Å². The molecule has 106 valence electrons. The van der Waals surface area contributed by atoms with Gasteiger partial charge in [0.05, 0.1) is 0 Å². The molecule has 1 atom stereocenters. The van der Waals surface area contributed by atoms with Crippen LogP contribution in [0.15, 0.2) is 24.5 Å². The monoisotopic (exact) mass is 282 g/mol. The van der Waals surface area contributed by atoms with Crippen LogP contribution in [0.4, 0.5) is 0 Å². The maximum absolute atomic E-state index is 10.8. The molecule has 19 heavy (non-hydrogen) atoms. The van der Waals surface area contributed by atoms with Crippen LogP contribution < -0.4 is 0 Å². The number of hydrogen-bond donors (Lipinski definition) is 0. The molecule has 0 fully saturated rings. The Kier molecular flexibility index (Phi) is 4.81. The van der Waals surface area contributed by atoms with E-state index in [0.717, 1.165) is 5.56 Å². The molecule has 0 N–H and O–H groups in total. The second-order valence-corrected chi connectivity index (χ2v) is 10.9. The summed E-state index contributed by atoms with van der Waals surface area (Å²) in [5.41, 5.74) is 0.768. The van der Waals surface area contributed by atoms with Crippen molar-refractivity contribution in [3.05, 3.63) is 40.2 Å². The highest BCUT2D eigenvalue weighted by Crippen LogP contribution is 2.39. The van der Waals surface area contributed by atoms with Crippen molar-refractivity contribution in [1.82, 2.24) is 4.98 Å². The molecule has 5 nitrogen and oxygen atoms in total. The molecule has 1 rings (SSSR count). The molecule has 0 aliphatic rings. The second-order valence-electron chi connectivity index (χ2n) is 6.17. The molecule has 0 aliphatic carbocycles. The summed E-state index contributed by atoms with van der Waals surface area (Å²) in [4.78, 5) is 14.5. The van der Waals surface area contributed by atoms with E-state index in [2.05, 4.69) is 38.8 Å². The maximum atomic E-state index is 10.8. The van der Waals surface area contributed by atoms with Crippen molar-refractivity contribution in [3.63, 3.8) is 0 Å². The third kappa shape index (κ3) is 4.40. The molecule has 0 bridgehead atoms. The van der Waals surface area contributed by atoms with Gasteiger partial charge in [-0.3, -0.25) is 15.1 Å². The third-order valence-electron chi connectivity index (χ3n) is 3.61. The zero-order valence-corrected chi connectivity index (χ0v) is 13.2. The van der Waals surface area contributed by atoms with Gasteiger partial charge in [-0.1, -0.05) is 26.8 Å². The van der Waals surface area contributed by atoms with Crippen LogP contribution in [0.2, 0.25) is 18.1 Å². The normalized spacial score (nSPS) is 14.2. The lowest BCUT2D eigenvalue weighted by Gasteiger charge is -2.38. The molecule has 0 saturated heterocycles. The summed E-state index contributed by atoms with van der Waals surface area (Å²) in [6, 6.07) is 3.60. The van der Waals surface area contributed by atoms with Crippen molar-refractivity contribution < 1.29 is 9.35 Å². The Morgan fingerprint density at radius 1 is 1.47 bits per heavy atom. The van der Waals surface area contributed by atoms with Crippen LogP contribution in [0.3, 0.4) is 0 Å². The summed E-state index contributed by atoms with van der Waals surface area (Å²) in [5.74, 6) is 0. The highest BCUT2D eigenvalue weighted by molar-refractivity contribution is 6.74. The third-order valence-corrected chi connectivity index (χ3v) is 8.10. The summed E-state index contributed by atoms with van der Waals surface area (Å²) < 4.78 is 6.16. The second kappa shape index (κ2) is 5.79. The first kappa shape index (κ1) is 15.8. The first-order chi connectivity index (χ1) is 8.63. The van der Waals surface area contributed by atoms with Gasteiger partial charge in [0.1, 0.15) is 6.10 Å². The average Bonchev–Trinajstić information content (AvgIpc) is 2.27. The van der Waals surface area contributed by atoms with Crippen molar-refractivity contribution in [1.29, 1.82) is 0 Å². The molecule has 0 radical (unpaired) electrons. The minimum Gasteiger partial charge on any atom is -0.404 e. The van der Waals surface area contributed by atoms with E-state index in [-0.39, 0.29) is 16.5 Å². The lowest BCUT2D eigenvalue weighted by molar-refractivity contribution is -0.490. The first-order valence-corrected chi connectivity index (χ1v) is 9.24. The van der Waals surface area contributed by atoms with E-state index < -0.39 is 14.4 Å². The van der Waals surface area contributed by atoms with Gasteiger partial charge < -0.3 is 4.43 Å². The topological polar surface area (TPSA) is 65.3 Å². The van der Waals surface area contributed by atoms with Crippen LogP contribution >= 0.6 is 0 Å². The molecular weight excluding hydrogens is 260 g/mol. The van der Waals surface area contributed by atoms with Crippen LogP contribution in [0, 0.1) is 10.1 Å². The quantitative estimate of drug-likeness (QED) is 0.471. The van der Waals surface area contributed by atoms with Crippen LogP contribution in [0.5, 0.6) is 0 Å². The van der Waals surface area contributed by atoms with Crippen molar-refractivity contribution >= 4 is 8.32 Å². The van der Waals surface area contributed by atoms with Gasteiger partial charge in [0.15, 0.2) is 8.32 Å². The Morgan fingerprint density at radius 2 is 2.11 bits per heavy atom. The summed E-state index contributed by atoms with van der Waals surface area (Å²) >= 11 is 0. The molecule has 6 heteroatoms. The van der Waals surface area contributed by atoms with Gasteiger partial charge in [0, 0.05) is 22.9 Å². The SMILES string of the molecule is CC(C)(C)[Si](C)(C)OC(C[N+](=O)[O-])c1cccnc1.